The average Bonchev–Trinajstić information content (AvgIpc) is 2.08. The molecule has 1 rings (SSSR count). The van der Waals surface area contributed by atoms with Gasteiger partial charge in [0.1, 0.15) is 0 Å². The van der Waals surface area contributed by atoms with E-state index in [-0.39, 0.29) is 0 Å². The molecule has 0 fully saturated rings. The van der Waals surface area contributed by atoms with Crippen molar-refractivity contribution in [3.8, 4) is 0 Å². The summed E-state index contributed by atoms with van der Waals surface area (Å²) in [5, 5.41) is 0. The molecule has 0 saturated heterocycles. The Morgan fingerprint density at radius 2 is 2.42 bits per heavy atom. The summed E-state index contributed by atoms with van der Waals surface area (Å²) in [6.07, 6.45) is 8.26. The minimum absolute atomic E-state index is 0.421. The Labute approximate surface area is 78.0 Å². The molecule has 0 radical (unpaired) electrons. The first-order valence-corrected chi connectivity index (χ1v) is 4.86. The van der Waals surface area contributed by atoms with Crippen LogP contribution in [0.3, 0.4) is 0 Å². The maximum atomic E-state index is 4.17. The highest BCUT2D eigenvalue weighted by Gasteiger charge is 2.01. The largest absolute Gasteiger partial charge is 0.282 e. The molecule has 2 heteroatoms. The molecule has 0 amide bonds. The van der Waals surface area contributed by atoms with Gasteiger partial charge in [-0.1, -0.05) is 49.6 Å². The Bertz CT molecular complexity index is 238. The van der Waals surface area contributed by atoms with Crippen LogP contribution in [-0.4, -0.2) is 12.1 Å². The van der Waals surface area contributed by atoms with Crippen molar-refractivity contribution >= 4 is 17.3 Å². The topological polar surface area (TPSA) is 12.4 Å². The Morgan fingerprint density at radius 3 is 3.25 bits per heavy atom. The molecule has 0 aromatic carbocycles. The summed E-state index contributed by atoms with van der Waals surface area (Å²) in [4.78, 5) is 5.32. The van der Waals surface area contributed by atoms with Gasteiger partial charge >= 0.3 is 0 Å². The first-order chi connectivity index (χ1) is 5.80. The highest BCUT2D eigenvalue weighted by atomic mass is 32.2. The lowest BCUT2D eigenvalue weighted by Gasteiger charge is -2.06. The van der Waals surface area contributed by atoms with Crippen LogP contribution in [0.2, 0.25) is 0 Å². The normalized spacial score (nSPS) is 29.8. The minimum Gasteiger partial charge on any atom is -0.282 e. The number of hydrogen-bond acceptors (Lipinski definition) is 2. The van der Waals surface area contributed by atoms with Crippen LogP contribution >= 0.6 is 11.8 Å². The van der Waals surface area contributed by atoms with Gasteiger partial charge in [-0.2, -0.15) is 0 Å². The summed E-state index contributed by atoms with van der Waals surface area (Å²) in [6.45, 7) is 6.86. The van der Waals surface area contributed by atoms with Gasteiger partial charge in [0.05, 0.1) is 12.1 Å². The molecular formula is C10H13NS. The van der Waals surface area contributed by atoms with Crippen LogP contribution in [0, 0.1) is 5.92 Å². The Balaban J connectivity index is 2.68. The molecule has 0 saturated carbocycles. The molecule has 0 aromatic heterocycles. The van der Waals surface area contributed by atoms with Gasteiger partial charge in [0.25, 0.3) is 0 Å². The van der Waals surface area contributed by atoms with Crippen molar-refractivity contribution in [3.05, 3.63) is 35.8 Å². The molecule has 1 aliphatic rings. The van der Waals surface area contributed by atoms with E-state index in [1.54, 1.807) is 11.8 Å². The van der Waals surface area contributed by atoms with Crippen molar-refractivity contribution < 1.29 is 0 Å². The molecule has 12 heavy (non-hydrogen) atoms. The zero-order valence-corrected chi connectivity index (χ0v) is 8.05. The van der Waals surface area contributed by atoms with E-state index in [9.17, 15) is 0 Å². The van der Waals surface area contributed by atoms with Crippen molar-refractivity contribution in [2.24, 2.45) is 10.9 Å². The van der Waals surface area contributed by atoms with Crippen LogP contribution in [0.15, 0.2) is 40.8 Å². The maximum Gasteiger partial charge on any atom is 0.0589 e. The van der Waals surface area contributed by atoms with Crippen molar-refractivity contribution in [2.45, 2.75) is 6.92 Å². The predicted molar refractivity (Wildman–Crippen MR) is 57.5 cm³/mol. The molecule has 1 aliphatic heterocycles. The molecule has 0 bridgehead atoms. The number of rotatable bonds is 0. The lowest BCUT2D eigenvalue weighted by Crippen LogP contribution is -1.90. The quantitative estimate of drug-likeness (QED) is 0.557. The van der Waals surface area contributed by atoms with Gasteiger partial charge in [0.15, 0.2) is 0 Å². The lowest BCUT2D eigenvalue weighted by atomic mass is 10.1. The van der Waals surface area contributed by atoms with E-state index in [0.29, 0.717) is 5.92 Å². The van der Waals surface area contributed by atoms with E-state index < -0.39 is 0 Å². The Morgan fingerprint density at radius 1 is 1.58 bits per heavy atom. The summed E-state index contributed by atoms with van der Waals surface area (Å²) in [6, 6.07) is 0. The number of nitrogens with zero attached hydrogens (tertiary/aromatic N) is 1. The summed E-state index contributed by atoms with van der Waals surface area (Å²) in [5.74, 6) is 0.421. The van der Waals surface area contributed by atoms with Gasteiger partial charge in [-0.3, -0.25) is 4.99 Å². The van der Waals surface area contributed by atoms with Crippen LogP contribution in [0.4, 0.5) is 0 Å². The van der Waals surface area contributed by atoms with E-state index in [4.69, 9.17) is 0 Å². The average molecular weight is 179 g/mol. The highest BCUT2D eigenvalue weighted by Crippen LogP contribution is 2.21. The Hall–Kier alpha value is -0.760. The number of hydrogen-bond donors (Lipinski definition) is 0. The smallest absolute Gasteiger partial charge is 0.0589 e. The van der Waals surface area contributed by atoms with Crippen molar-refractivity contribution in [3.63, 3.8) is 0 Å². The molecule has 64 valence electrons. The van der Waals surface area contributed by atoms with Gasteiger partial charge in [0, 0.05) is 5.92 Å². The summed E-state index contributed by atoms with van der Waals surface area (Å²) < 4.78 is 0. The van der Waals surface area contributed by atoms with Gasteiger partial charge in [-0.15, -0.1) is 0 Å². The second kappa shape index (κ2) is 4.99. The third-order valence-electron chi connectivity index (χ3n) is 1.64. The molecular weight excluding hydrogens is 166 g/mol. The van der Waals surface area contributed by atoms with Gasteiger partial charge in [-0.25, -0.2) is 0 Å². The molecule has 0 aromatic rings. The molecule has 1 heterocycles. The van der Waals surface area contributed by atoms with Crippen LogP contribution in [0.1, 0.15) is 6.92 Å². The fourth-order valence-corrected chi connectivity index (χ4v) is 1.38. The number of thioether (sulfide) groups is 1. The van der Waals surface area contributed by atoms with Crippen molar-refractivity contribution in [1.29, 1.82) is 0 Å². The third-order valence-corrected chi connectivity index (χ3v) is 2.57. The SMILES string of the molecule is C=C1SC=NC/C=C\C=C/[C@H]1C. The number of allylic oxidation sites excluding steroid dienone is 4. The first-order valence-electron chi connectivity index (χ1n) is 3.98. The second-order valence-corrected chi connectivity index (χ2v) is 3.63. The lowest BCUT2D eigenvalue weighted by molar-refractivity contribution is 0.927. The highest BCUT2D eigenvalue weighted by molar-refractivity contribution is 8.15. The van der Waals surface area contributed by atoms with Crippen LogP contribution in [-0.2, 0) is 0 Å². The fraction of sp³-hybridized carbons (Fsp3) is 0.300. The van der Waals surface area contributed by atoms with E-state index in [2.05, 4.69) is 30.6 Å². The number of aliphatic imine (C=N–C) groups is 1. The molecule has 0 N–H and O–H groups in total. The van der Waals surface area contributed by atoms with Crippen molar-refractivity contribution in [1.82, 2.24) is 0 Å². The molecule has 0 spiro atoms. The summed E-state index contributed by atoms with van der Waals surface area (Å²) in [5.41, 5.74) is 1.86. The summed E-state index contributed by atoms with van der Waals surface area (Å²) in [7, 11) is 0. The van der Waals surface area contributed by atoms with E-state index in [1.807, 2.05) is 17.7 Å². The summed E-state index contributed by atoms with van der Waals surface area (Å²) >= 11 is 1.61. The standard InChI is InChI=1S/C10H13NS/c1-9-6-4-3-5-7-11-8-12-10(9)2/h3-6,8-9H,2,7H2,1H3/b5-3-,6-4-,11-8?/t9-/m1/s1. The zero-order valence-electron chi connectivity index (χ0n) is 7.23. The van der Waals surface area contributed by atoms with Gasteiger partial charge in [-0.05, 0) is 4.91 Å². The van der Waals surface area contributed by atoms with Gasteiger partial charge < -0.3 is 0 Å². The Kier molecular flexibility index (Phi) is 3.88. The monoisotopic (exact) mass is 179 g/mol. The van der Waals surface area contributed by atoms with E-state index >= 15 is 0 Å². The van der Waals surface area contributed by atoms with E-state index in [0.717, 1.165) is 11.4 Å². The zero-order chi connectivity index (χ0) is 8.81. The predicted octanol–water partition coefficient (Wildman–Crippen LogP) is 3.02. The second-order valence-electron chi connectivity index (χ2n) is 2.66. The van der Waals surface area contributed by atoms with Crippen molar-refractivity contribution in [2.75, 3.05) is 6.54 Å². The molecule has 0 aliphatic carbocycles. The molecule has 1 atom stereocenters. The minimum atomic E-state index is 0.421. The first kappa shape index (κ1) is 9.33. The van der Waals surface area contributed by atoms with Gasteiger partial charge in [0.2, 0.25) is 0 Å². The van der Waals surface area contributed by atoms with E-state index in [1.165, 1.54) is 0 Å². The van der Waals surface area contributed by atoms with Crippen LogP contribution in [0.25, 0.3) is 0 Å². The maximum absolute atomic E-state index is 4.17. The molecule has 1 nitrogen and oxygen atoms in total. The fourth-order valence-electron chi connectivity index (χ4n) is 0.794. The van der Waals surface area contributed by atoms with Crippen LogP contribution in [0.5, 0.6) is 0 Å². The molecule has 0 unspecified atom stereocenters. The van der Waals surface area contributed by atoms with Crippen LogP contribution < -0.4 is 0 Å². The third kappa shape index (κ3) is 3.09.